The second-order valence-corrected chi connectivity index (χ2v) is 5.74. The van der Waals surface area contributed by atoms with Crippen molar-refractivity contribution in [1.82, 2.24) is 0 Å². The van der Waals surface area contributed by atoms with E-state index in [0.717, 1.165) is 5.75 Å². The number of aryl methyl sites for hydroxylation is 2. The van der Waals surface area contributed by atoms with Crippen molar-refractivity contribution in [3.63, 3.8) is 0 Å². The number of benzene rings is 1. The Hall–Kier alpha value is -1.00. The van der Waals surface area contributed by atoms with Gasteiger partial charge in [0.25, 0.3) is 0 Å². The van der Waals surface area contributed by atoms with Crippen LogP contribution in [0, 0.1) is 13.8 Å². The summed E-state index contributed by atoms with van der Waals surface area (Å²) in [7, 11) is 1.28. The molecule has 1 N–H and O–H groups in total. The third-order valence-corrected chi connectivity index (χ3v) is 3.86. The van der Waals surface area contributed by atoms with Gasteiger partial charge >= 0.3 is 5.97 Å². The third-order valence-electron chi connectivity index (χ3n) is 2.56. The molecule has 0 aliphatic heterocycles. The molecule has 0 bridgehead atoms. The fraction of sp³-hybridized carbons (Fsp3) is 0.500. The lowest BCUT2D eigenvalue weighted by Crippen LogP contribution is -2.38. The van der Waals surface area contributed by atoms with Crippen molar-refractivity contribution in [1.29, 1.82) is 0 Å². The summed E-state index contributed by atoms with van der Waals surface area (Å²) < 4.78 is 4.55. The van der Waals surface area contributed by atoms with E-state index in [-0.39, 0.29) is 0 Å². The Morgan fingerprint density at radius 2 is 1.89 bits per heavy atom. The monoisotopic (exact) mass is 268 g/mol. The first kappa shape index (κ1) is 15.1. The minimum absolute atomic E-state index is 0.326. The van der Waals surface area contributed by atoms with Gasteiger partial charge in [-0.25, -0.2) is 4.79 Å². The number of ether oxygens (including phenoxy) is 1. The Kier molecular flexibility index (Phi) is 5.23. The summed E-state index contributed by atoms with van der Waals surface area (Å²) in [5, 5.41) is 9.87. The van der Waals surface area contributed by atoms with Crippen LogP contribution >= 0.6 is 11.8 Å². The lowest BCUT2D eigenvalue weighted by molar-refractivity contribution is -0.158. The summed E-state index contributed by atoms with van der Waals surface area (Å²) in [6, 6.07) is 6.36. The van der Waals surface area contributed by atoms with Crippen LogP contribution in [0.15, 0.2) is 18.2 Å². The Labute approximate surface area is 113 Å². The molecule has 0 fully saturated rings. The van der Waals surface area contributed by atoms with Gasteiger partial charge in [0.05, 0.1) is 7.11 Å². The van der Waals surface area contributed by atoms with Crippen molar-refractivity contribution in [2.75, 3.05) is 12.9 Å². The minimum atomic E-state index is -1.42. The van der Waals surface area contributed by atoms with Crippen molar-refractivity contribution in [3.8, 4) is 0 Å². The molecule has 18 heavy (non-hydrogen) atoms. The summed E-state index contributed by atoms with van der Waals surface area (Å²) in [6.07, 6.45) is 0. The normalized spacial score (nSPS) is 14.1. The number of rotatable bonds is 5. The van der Waals surface area contributed by atoms with Crippen LogP contribution in [0.2, 0.25) is 0 Å². The molecule has 0 heterocycles. The van der Waals surface area contributed by atoms with E-state index in [1.807, 2.05) is 0 Å². The average molecular weight is 268 g/mol. The molecule has 0 radical (unpaired) electrons. The molecule has 0 amide bonds. The minimum Gasteiger partial charge on any atom is -0.467 e. The molecule has 0 spiro atoms. The summed E-state index contributed by atoms with van der Waals surface area (Å²) in [6.45, 7) is 5.60. The molecule has 1 unspecified atom stereocenters. The number of carbonyl (C=O) groups excluding carboxylic acids is 1. The summed E-state index contributed by atoms with van der Waals surface area (Å²) in [4.78, 5) is 11.3. The van der Waals surface area contributed by atoms with Gasteiger partial charge in [-0.2, -0.15) is 11.8 Å². The van der Waals surface area contributed by atoms with Crippen LogP contribution in [0.1, 0.15) is 23.6 Å². The molecular weight excluding hydrogens is 248 g/mol. The maximum atomic E-state index is 11.3. The number of esters is 1. The zero-order chi connectivity index (χ0) is 13.8. The van der Waals surface area contributed by atoms with Gasteiger partial charge in [0, 0.05) is 11.5 Å². The van der Waals surface area contributed by atoms with E-state index in [1.165, 1.54) is 42.5 Å². The first-order valence-corrected chi connectivity index (χ1v) is 6.96. The van der Waals surface area contributed by atoms with Crippen LogP contribution in [-0.2, 0) is 15.3 Å². The van der Waals surface area contributed by atoms with Gasteiger partial charge in [-0.3, -0.25) is 0 Å². The van der Waals surface area contributed by atoms with E-state index in [1.54, 1.807) is 0 Å². The predicted octanol–water partition coefficient (Wildman–Crippen LogP) is 2.46. The molecule has 1 rings (SSSR count). The molecule has 1 aromatic rings. The third kappa shape index (κ3) is 4.35. The van der Waals surface area contributed by atoms with Gasteiger partial charge in [0.2, 0.25) is 0 Å². The number of methoxy groups -OCH3 is 1. The van der Waals surface area contributed by atoms with Gasteiger partial charge in [-0.1, -0.05) is 29.3 Å². The average Bonchev–Trinajstić information content (AvgIpc) is 2.26. The largest absolute Gasteiger partial charge is 0.467 e. The highest BCUT2D eigenvalue weighted by atomic mass is 32.2. The fourth-order valence-electron chi connectivity index (χ4n) is 1.80. The van der Waals surface area contributed by atoms with E-state index in [9.17, 15) is 9.90 Å². The highest BCUT2D eigenvalue weighted by molar-refractivity contribution is 7.98. The van der Waals surface area contributed by atoms with Crippen molar-refractivity contribution in [2.45, 2.75) is 32.1 Å². The highest BCUT2D eigenvalue weighted by Gasteiger charge is 2.31. The fourth-order valence-corrected chi connectivity index (χ4v) is 2.82. The van der Waals surface area contributed by atoms with E-state index >= 15 is 0 Å². The first-order chi connectivity index (χ1) is 8.35. The van der Waals surface area contributed by atoms with Crippen LogP contribution < -0.4 is 0 Å². The predicted molar refractivity (Wildman–Crippen MR) is 74.7 cm³/mol. The van der Waals surface area contributed by atoms with Gasteiger partial charge in [-0.05, 0) is 26.3 Å². The maximum Gasteiger partial charge on any atom is 0.338 e. The summed E-state index contributed by atoms with van der Waals surface area (Å²) in [5.74, 6) is 0.512. The van der Waals surface area contributed by atoms with Gasteiger partial charge < -0.3 is 9.84 Å². The molecule has 4 heteroatoms. The van der Waals surface area contributed by atoms with Crippen LogP contribution in [0.4, 0.5) is 0 Å². The number of hydrogen-bond donors (Lipinski definition) is 1. The number of hydrogen-bond acceptors (Lipinski definition) is 4. The number of aliphatic hydroxyl groups is 1. The smallest absolute Gasteiger partial charge is 0.338 e. The van der Waals surface area contributed by atoms with Crippen LogP contribution in [0.3, 0.4) is 0 Å². The molecule has 0 saturated heterocycles. The van der Waals surface area contributed by atoms with Crippen molar-refractivity contribution in [3.05, 3.63) is 34.9 Å². The van der Waals surface area contributed by atoms with Gasteiger partial charge in [0.15, 0.2) is 5.60 Å². The number of thioether (sulfide) groups is 1. The second-order valence-electron chi connectivity index (χ2n) is 4.75. The Morgan fingerprint density at radius 3 is 2.39 bits per heavy atom. The van der Waals surface area contributed by atoms with Crippen LogP contribution in [0.25, 0.3) is 0 Å². The molecule has 100 valence electrons. The maximum absolute atomic E-state index is 11.3. The Balaban J connectivity index is 2.53. The zero-order valence-corrected chi connectivity index (χ0v) is 12.1. The molecule has 1 aromatic carbocycles. The SMILES string of the molecule is COC(=O)C(C)(O)CSCc1cc(C)cc(C)c1. The van der Waals surface area contributed by atoms with E-state index < -0.39 is 11.6 Å². The molecule has 0 aliphatic carbocycles. The molecule has 0 saturated carbocycles. The second kappa shape index (κ2) is 6.25. The quantitative estimate of drug-likeness (QED) is 0.833. The van der Waals surface area contributed by atoms with Crippen molar-refractivity contribution < 1.29 is 14.6 Å². The van der Waals surface area contributed by atoms with Crippen LogP contribution in [0.5, 0.6) is 0 Å². The zero-order valence-electron chi connectivity index (χ0n) is 11.3. The molecular formula is C14H20O3S. The van der Waals surface area contributed by atoms with Gasteiger partial charge in [0.1, 0.15) is 0 Å². The summed E-state index contributed by atoms with van der Waals surface area (Å²) in [5.41, 5.74) is 2.24. The molecule has 0 aromatic heterocycles. The van der Waals surface area contributed by atoms with E-state index in [2.05, 4.69) is 36.8 Å². The van der Waals surface area contributed by atoms with E-state index in [0.29, 0.717) is 5.75 Å². The topological polar surface area (TPSA) is 46.5 Å². The highest BCUT2D eigenvalue weighted by Crippen LogP contribution is 2.20. The lowest BCUT2D eigenvalue weighted by atomic mass is 10.1. The van der Waals surface area contributed by atoms with E-state index in [4.69, 9.17) is 0 Å². The van der Waals surface area contributed by atoms with Crippen LogP contribution in [-0.4, -0.2) is 29.5 Å². The van der Waals surface area contributed by atoms with Gasteiger partial charge in [-0.15, -0.1) is 0 Å². The standard InChI is InChI=1S/C14H20O3S/c1-10-5-11(2)7-12(6-10)8-18-9-14(3,16)13(15)17-4/h5-7,16H,8-9H2,1-4H3. The molecule has 1 atom stereocenters. The Morgan fingerprint density at radius 1 is 1.33 bits per heavy atom. The van der Waals surface area contributed by atoms with Crippen molar-refractivity contribution >= 4 is 17.7 Å². The Bertz CT molecular complexity index is 407. The first-order valence-electron chi connectivity index (χ1n) is 5.81. The number of carbonyl (C=O) groups is 1. The van der Waals surface area contributed by atoms with Crippen molar-refractivity contribution in [2.24, 2.45) is 0 Å². The molecule has 3 nitrogen and oxygen atoms in total. The summed E-state index contributed by atoms with van der Waals surface area (Å²) >= 11 is 1.52. The molecule has 0 aliphatic rings. The lowest BCUT2D eigenvalue weighted by Gasteiger charge is -2.19.